The first-order chi connectivity index (χ1) is 8.49. The van der Waals surface area contributed by atoms with Gasteiger partial charge in [-0.3, -0.25) is 4.68 Å². The van der Waals surface area contributed by atoms with Crippen molar-refractivity contribution >= 4 is 12.0 Å². The van der Waals surface area contributed by atoms with Gasteiger partial charge in [0.1, 0.15) is 6.33 Å². The second-order valence-electron chi connectivity index (χ2n) is 3.58. The molecule has 0 radical (unpaired) electrons. The van der Waals surface area contributed by atoms with E-state index in [0.29, 0.717) is 18.8 Å². The van der Waals surface area contributed by atoms with Crippen LogP contribution >= 0.6 is 0 Å². The summed E-state index contributed by atoms with van der Waals surface area (Å²) < 4.78 is 1.55. The molecular formula is C9H15N5O4. The van der Waals surface area contributed by atoms with Gasteiger partial charge in [-0.25, -0.2) is 14.6 Å². The second kappa shape index (κ2) is 6.55. The smallest absolute Gasteiger partial charge is 0.334 e. The summed E-state index contributed by atoms with van der Waals surface area (Å²) in [6, 6.07) is -0.550. The van der Waals surface area contributed by atoms with E-state index in [-0.39, 0.29) is 6.54 Å². The first-order valence-corrected chi connectivity index (χ1v) is 5.26. The molecule has 9 nitrogen and oxygen atoms in total. The molecule has 100 valence electrons. The van der Waals surface area contributed by atoms with E-state index >= 15 is 0 Å². The van der Waals surface area contributed by atoms with Gasteiger partial charge in [0, 0.05) is 20.0 Å². The van der Waals surface area contributed by atoms with Crippen LogP contribution in [0.1, 0.15) is 5.82 Å². The Morgan fingerprint density at radius 3 is 2.78 bits per heavy atom. The average Bonchev–Trinajstić information content (AvgIpc) is 2.71. The monoisotopic (exact) mass is 257 g/mol. The number of carboxylic acids is 1. The van der Waals surface area contributed by atoms with Crippen molar-refractivity contribution in [2.24, 2.45) is 7.05 Å². The minimum atomic E-state index is -1.60. The lowest BCUT2D eigenvalue weighted by Gasteiger charge is -2.08. The zero-order valence-electron chi connectivity index (χ0n) is 9.83. The first-order valence-electron chi connectivity index (χ1n) is 5.26. The molecule has 0 aromatic carbocycles. The van der Waals surface area contributed by atoms with Crippen LogP contribution in [0.3, 0.4) is 0 Å². The van der Waals surface area contributed by atoms with E-state index in [1.54, 1.807) is 18.1 Å². The minimum Gasteiger partial charge on any atom is -0.479 e. The van der Waals surface area contributed by atoms with Crippen LogP contribution in [0, 0.1) is 0 Å². The van der Waals surface area contributed by atoms with Crippen LogP contribution in [0.2, 0.25) is 0 Å². The van der Waals surface area contributed by atoms with Crippen LogP contribution in [0.25, 0.3) is 0 Å². The average molecular weight is 257 g/mol. The Bertz CT molecular complexity index is 419. The Morgan fingerprint density at radius 2 is 2.22 bits per heavy atom. The Hall–Kier alpha value is -2.16. The predicted octanol–water partition coefficient (Wildman–Crippen LogP) is -1.90. The number of nitrogens with zero attached hydrogens (tertiary/aromatic N) is 3. The highest BCUT2D eigenvalue weighted by Crippen LogP contribution is 1.88. The van der Waals surface area contributed by atoms with Crippen LogP contribution in [0.4, 0.5) is 4.79 Å². The van der Waals surface area contributed by atoms with E-state index in [2.05, 4.69) is 20.7 Å². The topological polar surface area (TPSA) is 129 Å². The number of carbonyl (C=O) groups excluding carboxylic acids is 1. The highest BCUT2D eigenvalue weighted by molar-refractivity contribution is 5.76. The third-order valence-electron chi connectivity index (χ3n) is 2.02. The molecule has 2 amide bonds. The largest absolute Gasteiger partial charge is 0.479 e. The zero-order valence-corrected chi connectivity index (χ0v) is 9.83. The van der Waals surface area contributed by atoms with Crippen LogP contribution in [0.15, 0.2) is 6.33 Å². The van der Waals surface area contributed by atoms with Gasteiger partial charge in [-0.2, -0.15) is 5.10 Å². The second-order valence-corrected chi connectivity index (χ2v) is 3.58. The number of nitrogens with one attached hydrogen (secondary N) is 2. The molecule has 0 fully saturated rings. The number of carbonyl (C=O) groups is 2. The van der Waals surface area contributed by atoms with Crippen molar-refractivity contribution < 1.29 is 19.8 Å². The summed E-state index contributed by atoms with van der Waals surface area (Å²) in [4.78, 5) is 25.4. The number of aryl methyl sites for hydroxylation is 1. The molecule has 0 saturated carbocycles. The summed E-state index contributed by atoms with van der Waals surface area (Å²) in [5.41, 5.74) is 0. The van der Waals surface area contributed by atoms with Crippen LogP contribution in [0.5, 0.6) is 0 Å². The normalized spacial score (nSPS) is 11.9. The van der Waals surface area contributed by atoms with E-state index in [4.69, 9.17) is 10.2 Å². The molecule has 0 aliphatic heterocycles. The van der Waals surface area contributed by atoms with Gasteiger partial charge in [-0.1, -0.05) is 0 Å². The number of rotatable bonds is 6. The molecule has 1 heterocycles. The summed E-state index contributed by atoms with van der Waals surface area (Å²) in [5.74, 6) is -0.781. The van der Waals surface area contributed by atoms with Gasteiger partial charge in [-0.15, -0.1) is 0 Å². The lowest BCUT2D eigenvalue weighted by molar-refractivity contribution is -0.146. The van der Waals surface area contributed by atoms with Gasteiger partial charge < -0.3 is 20.8 Å². The van der Waals surface area contributed by atoms with Gasteiger partial charge in [-0.05, 0) is 0 Å². The maximum atomic E-state index is 11.2. The van der Waals surface area contributed by atoms with E-state index in [1.807, 2.05) is 0 Å². The zero-order chi connectivity index (χ0) is 13.5. The van der Waals surface area contributed by atoms with Crippen molar-refractivity contribution in [3.05, 3.63) is 12.2 Å². The van der Waals surface area contributed by atoms with Crippen LogP contribution in [-0.2, 0) is 18.3 Å². The lowest BCUT2D eigenvalue weighted by Crippen LogP contribution is -2.42. The van der Waals surface area contributed by atoms with Crippen molar-refractivity contribution in [1.29, 1.82) is 0 Å². The molecule has 0 bridgehead atoms. The third-order valence-corrected chi connectivity index (χ3v) is 2.02. The number of aliphatic hydroxyl groups excluding tert-OH is 1. The lowest BCUT2D eigenvalue weighted by atomic mass is 10.3. The highest BCUT2D eigenvalue weighted by atomic mass is 16.4. The van der Waals surface area contributed by atoms with Crippen molar-refractivity contribution in [2.75, 3.05) is 13.1 Å². The van der Waals surface area contributed by atoms with Crippen LogP contribution < -0.4 is 10.6 Å². The van der Waals surface area contributed by atoms with Crippen molar-refractivity contribution in [3.63, 3.8) is 0 Å². The number of aliphatic hydroxyl groups is 1. The maximum absolute atomic E-state index is 11.2. The molecule has 0 spiro atoms. The molecular weight excluding hydrogens is 242 g/mol. The Balaban J connectivity index is 2.15. The molecule has 0 unspecified atom stereocenters. The summed E-state index contributed by atoms with van der Waals surface area (Å²) >= 11 is 0. The summed E-state index contributed by atoms with van der Waals surface area (Å²) in [6.07, 6.45) is 0.419. The highest BCUT2D eigenvalue weighted by Gasteiger charge is 2.13. The number of urea groups is 1. The predicted molar refractivity (Wildman–Crippen MR) is 59.8 cm³/mol. The van der Waals surface area contributed by atoms with Crippen LogP contribution in [-0.4, -0.2) is 56.2 Å². The van der Waals surface area contributed by atoms with E-state index in [1.165, 1.54) is 0 Å². The fraction of sp³-hybridized carbons (Fsp3) is 0.556. The number of carboxylic acid groups (broad SMARTS) is 1. The summed E-state index contributed by atoms with van der Waals surface area (Å²) in [6.45, 7) is -0.0258. The summed E-state index contributed by atoms with van der Waals surface area (Å²) in [7, 11) is 1.74. The number of hydrogen-bond donors (Lipinski definition) is 4. The Kier molecular flexibility index (Phi) is 5.06. The fourth-order valence-corrected chi connectivity index (χ4v) is 1.13. The van der Waals surface area contributed by atoms with E-state index in [9.17, 15) is 9.59 Å². The molecule has 1 aromatic rings. The molecule has 0 saturated heterocycles. The quantitative estimate of drug-likeness (QED) is 0.471. The third kappa shape index (κ3) is 4.78. The first kappa shape index (κ1) is 13.9. The molecule has 4 N–H and O–H groups in total. The van der Waals surface area contributed by atoms with Crippen molar-refractivity contribution in [3.8, 4) is 0 Å². The molecule has 1 atom stereocenters. The van der Waals surface area contributed by atoms with Crippen molar-refractivity contribution in [1.82, 2.24) is 25.4 Å². The number of aromatic nitrogens is 3. The molecule has 0 aliphatic carbocycles. The number of amides is 2. The van der Waals surface area contributed by atoms with Gasteiger partial charge in [0.25, 0.3) is 0 Å². The molecule has 18 heavy (non-hydrogen) atoms. The van der Waals surface area contributed by atoms with Gasteiger partial charge in [0.2, 0.25) is 0 Å². The van der Waals surface area contributed by atoms with Crippen molar-refractivity contribution in [2.45, 2.75) is 12.5 Å². The molecule has 0 aliphatic rings. The fourth-order valence-electron chi connectivity index (χ4n) is 1.13. The number of aliphatic carboxylic acids is 1. The Labute approximate surface area is 103 Å². The standard InChI is InChI=1S/C9H15N5O4/c1-14-5-12-7(13-14)2-3-10-9(18)11-4-6(15)8(16)17/h5-6,15H,2-4H2,1H3,(H,16,17)(H2,10,11,18)/t6-/m0/s1. The van der Waals surface area contributed by atoms with Gasteiger partial charge in [0.05, 0.1) is 6.54 Å². The minimum absolute atomic E-state index is 0.318. The Morgan fingerprint density at radius 1 is 1.50 bits per heavy atom. The molecule has 1 rings (SSSR count). The molecule has 1 aromatic heterocycles. The summed E-state index contributed by atoms with van der Waals surface area (Å²) in [5, 5.41) is 26.0. The van der Waals surface area contributed by atoms with Gasteiger partial charge in [0.15, 0.2) is 11.9 Å². The van der Waals surface area contributed by atoms with E-state index < -0.39 is 18.1 Å². The maximum Gasteiger partial charge on any atom is 0.334 e. The SMILES string of the molecule is Cn1cnc(CCNC(=O)NC[C@H](O)C(=O)O)n1. The van der Waals surface area contributed by atoms with E-state index in [0.717, 1.165) is 0 Å². The molecule has 9 heteroatoms. The number of hydrogen-bond acceptors (Lipinski definition) is 5. The van der Waals surface area contributed by atoms with Gasteiger partial charge >= 0.3 is 12.0 Å².